The van der Waals surface area contributed by atoms with Gasteiger partial charge >= 0.3 is 0 Å². The van der Waals surface area contributed by atoms with E-state index in [0.717, 1.165) is 58.0 Å². The SMILES string of the molecule is CN(C[C@@H]1CCCO1)C1CCN(C(=S)Nc2cc(F)cc(F)c2)CC1. The van der Waals surface area contributed by atoms with E-state index in [4.69, 9.17) is 17.0 Å². The number of anilines is 1. The summed E-state index contributed by atoms with van der Waals surface area (Å²) in [4.78, 5) is 4.46. The summed E-state index contributed by atoms with van der Waals surface area (Å²) in [5.41, 5.74) is 0.347. The fourth-order valence-electron chi connectivity index (χ4n) is 3.60. The van der Waals surface area contributed by atoms with E-state index in [9.17, 15) is 8.78 Å². The predicted molar refractivity (Wildman–Crippen MR) is 98.8 cm³/mol. The van der Waals surface area contributed by atoms with Gasteiger partial charge in [0.15, 0.2) is 5.11 Å². The van der Waals surface area contributed by atoms with Crippen LogP contribution in [-0.2, 0) is 4.74 Å². The van der Waals surface area contributed by atoms with Gasteiger partial charge in [-0.15, -0.1) is 0 Å². The number of likely N-dealkylation sites (tertiary alicyclic amines) is 1. The number of hydrogen-bond donors (Lipinski definition) is 1. The first kappa shape index (κ1) is 18.5. The van der Waals surface area contributed by atoms with Gasteiger partial charge in [-0.05, 0) is 57.1 Å². The number of piperidine rings is 1. The minimum Gasteiger partial charge on any atom is -0.377 e. The van der Waals surface area contributed by atoms with Crippen LogP contribution >= 0.6 is 12.2 Å². The molecule has 25 heavy (non-hydrogen) atoms. The summed E-state index contributed by atoms with van der Waals surface area (Å²) in [6.07, 6.45) is 4.72. The first-order valence-corrected chi connectivity index (χ1v) is 9.26. The lowest BCUT2D eigenvalue weighted by Crippen LogP contribution is -2.48. The van der Waals surface area contributed by atoms with Crippen molar-refractivity contribution < 1.29 is 13.5 Å². The Kier molecular flexibility index (Phi) is 6.19. The van der Waals surface area contributed by atoms with Crippen LogP contribution in [0, 0.1) is 11.6 Å². The van der Waals surface area contributed by atoms with Crippen molar-refractivity contribution in [1.29, 1.82) is 0 Å². The number of thiocarbonyl (C=S) groups is 1. The van der Waals surface area contributed by atoms with E-state index in [1.807, 2.05) is 0 Å². The Morgan fingerprint density at radius 1 is 1.24 bits per heavy atom. The molecule has 0 spiro atoms. The van der Waals surface area contributed by atoms with Crippen molar-refractivity contribution >= 4 is 23.0 Å². The lowest BCUT2D eigenvalue weighted by Gasteiger charge is -2.38. The number of hydrogen-bond acceptors (Lipinski definition) is 3. The molecule has 2 aliphatic heterocycles. The van der Waals surface area contributed by atoms with Gasteiger partial charge < -0.3 is 19.9 Å². The van der Waals surface area contributed by atoms with Gasteiger partial charge in [-0.25, -0.2) is 8.78 Å². The number of halogens is 2. The molecule has 1 aromatic carbocycles. The van der Waals surface area contributed by atoms with E-state index in [1.54, 1.807) is 0 Å². The topological polar surface area (TPSA) is 27.7 Å². The minimum atomic E-state index is -0.611. The van der Waals surface area contributed by atoms with E-state index in [-0.39, 0.29) is 0 Å². The predicted octanol–water partition coefficient (Wildman–Crippen LogP) is 3.24. The highest BCUT2D eigenvalue weighted by molar-refractivity contribution is 7.80. The molecule has 0 bridgehead atoms. The highest BCUT2D eigenvalue weighted by Crippen LogP contribution is 2.20. The van der Waals surface area contributed by atoms with Gasteiger partial charge in [-0.1, -0.05) is 0 Å². The molecule has 4 nitrogen and oxygen atoms in total. The van der Waals surface area contributed by atoms with Crippen LogP contribution < -0.4 is 5.32 Å². The number of nitrogens with one attached hydrogen (secondary N) is 1. The Balaban J connectivity index is 1.47. The molecule has 0 aromatic heterocycles. The molecule has 138 valence electrons. The first-order chi connectivity index (χ1) is 12.0. The van der Waals surface area contributed by atoms with Crippen LogP contribution in [0.4, 0.5) is 14.5 Å². The summed E-state index contributed by atoms with van der Waals surface area (Å²) in [5, 5.41) is 3.46. The molecule has 3 rings (SSSR count). The molecular formula is C18H25F2N3OS. The Morgan fingerprint density at radius 2 is 1.92 bits per heavy atom. The fraction of sp³-hybridized carbons (Fsp3) is 0.611. The highest BCUT2D eigenvalue weighted by atomic mass is 32.1. The second-order valence-electron chi connectivity index (χ2n) is 6.88. The molecule has 1 aromatic rings. The van der Waals surface area contributed by atoms with E-state index >= 15 is 0 Å². The van der Waals surface area contributed by atoms with Gasteiger partial charge in [0, 0.05) is 44.0 Å². The van der Waals surface area contributed by atoms with Crippen molar-refractivity contribution in [2.24, 2.45) is 0 Å². The van der Waals surface area contributed by atoms with Crippen LogP contribution in [0.25, 0.3) is 0 Å². The molecule has 1 atom stereocenters. The van der Waals surface area contributed by atoms with Crippen molar-refractivity contribution in [3.63, 3.8) is 0 Å². The Morgan fingerprint density at radius 3 is 2.52 bits per heavy atom. The average Bonchev–Trinajstić information content (AvgIpc) is 3.07. The second-order valence-corrected chi connectivity index (χ2v) is 7.27. The van der Waals surface area contributed by atoms with Crippen molar-refractivity contribution in [3.8, 4) is 0 Å². The van der Waals surface area contributed by atoms with Crippen LogP contribution in [0.1, 0.15) is 25.7 Å². The molecule has 1 N–H and O–H groups in total. The Hall–Kier alpha value is -1.31. The molecule has 2 saturated heterocycles. The molecule has 0 aliphatic carbocycles. The maximum atomic E-state index is 13.3. The second kappa shape index (κ2) is 8.38. The molecule has 2 heterocycles. The molecule has 0 unspecified atom stereocenters. The molecule has 0 saturated carbocycles. The van der Waals surface area contributed by atoms with Gasteiger partial charge in [-0.3, -0.25) is 0 Å². The smallest absolute Gasteiger partial charge is 0.173 e. The summed E-state index contributed by atoms with van der Waals surface area (Å²) in [5.74, 6) is -1.22. The molecule has 2 fully saturated rings. The number of nitrogens with zero attached hydrogens (tertiary/aromatic N) is 2. The zero-order valence-corrected chi connectivity index (χ0v) is 15.3. The average molecular weight is 369 g/mol. The molecule has 7 heteroatoms. The third-order valence-corrected chi connectivity index (χ3v) is 5.36. The van der Waals surface area contributed by atoms with Crippen molar-refractivity contribution in [2.45, 2.75) is 37.8 Å². The lowest BCUT2D eigenvalue weighted by atomic mass is 10.0. The minimum absolute atomic E-state index is 0.347. The third kappa shape index (κ3) is 5.09. The van der Waals surface area contributed by atoms with Crippen molar-refractivity contribution in [3.05, 3.63) is 29.8 Å². The number of rotatable bonds is 4. The monoisotopic (exact) mass is 369 g/mol. The van der Waals surface area contributed by atoms with E-state index < -0.39 is 11.6 Å². The van der Waals surface area contributed by atoms with Gasteiger partial charge in [0.05, 0.1) is 6.10 Å². The van der Waals surface area contributed by atoms with Crippen LogP contribution in [0.2, 0.25) is 0 Å². The van der Waals surface area contributed by atoms with Crippen LogP contribution in [0.3, 0.4) is 0 Å². The quantitative estimate of drug-likeness (QED) is 0.823. The van der Waals surface area contributed by atoms with Gasteiger partial charge in [0.2, 0.25) is 0 Å². The number of likely N-dealkylation sites (N-methyl/N-ethyl adjacent to an activating group) is 1. The highest BCUT2D eigenvalue weighted by Gasteiger charge is 2.26. The Labute approximate surface area is 153 Å². The zero-order chi connectivity index (χ0) is 17.8. The molecule has 0 radical (unpaired) electrons. The largest absolute Gasteiger partial charge is 0.377 e. The molecular weight excluding hydrogens is 344 g/mol. The standard InChI is InChI=1S/C18H25F2N3OS/c1-22(12-17-3-2-8-24-17)16-4-6-23(7-5-16)18(25)21-15-10-13(19)9-14(20)11-15/h9-11,16-17H,2-8,12H2,1H3,(H,21,25)/t17-/m0/s1. The van der Waals surface area contributed by atoms with Gasteiger partial charge in [-0.2, -0.15) is 0 Å². The number of benzene rings is 1. The van der Waals surface area contributed by atoms with Crippen LogP contribution in [0.15, 0.2) is 18.2 Å². The summed E-state index contributed by atoms with van der Waals surface area (Å²) < 4.78 is 32.3. The summed E-state index contributed by atoms with van der Waals surface area (Å²) >= 11 is 5.40. The van der Waals surface area contributed by atoms with Crippen LogP contribution in [-0.4, -0.2) is 60.3 Å². The molecule has 2 aliphatic rings. The van der Waals surface area contributed by atoms with Crippen molar-refractivity contribution in [1.82, 2.24) is 9.80 Å². The van der Waals surface area contributed by atoms with Crippen molar-refractivity contribution in [2.75, 3.05) is 38.6 Å². The maximum absolute atomic E-state index is 13.3. The third-order valence-electron chi connectivity index (χ3n) is 5.00. The number of ether oxygens (including phenoxy) is 1. The molecule has 0 amide bonds. The summed E-state index contributed by atoms with van der Waals surface area (Å²) in [6, 6.07) is 3.87. The summed E-state index contributed by atoms with van der Waals surface area (Å²) in [6.45, 7) is 3.54. The fourth-order valence-corrected chi connectivity index (χ4v) is 3.90. The normalized spacial score (nSPS) is 21.8. The van der Waals surface area contributed by atoms with Crippen LogP contribution in [0.5, 0.6) is 0 Å². The van der Waals surface area contributed by atoms with E-state index in [1.165, 1.54) is 12.1 Å². The summed E-state index contributed by atoms with van der Waals surface area (Å²) in [7, 11) is 2.16. The van der Waals surface area contributed by atoms with E-state index in [2.05, 4.69) is 22.2 Å². The maximum Gasteiger partial charge on any atom is 0.173 e. The Bertz CT molecular complexity index is 582. The van der Waals surface area contributed by atoms with E-state index in [0.29, 0.717) is 22.9 Å². The van der Waals surface area contributed by atoms with Gasteiger partial charge in [0.1, 0.15) is 11.6 Å². The lowest BCUT2D eigenvalue weighted by molar-refractivity contribution is 0.0576. The zero-order valence-electron chi connectivity index (χ0n) is 14.5. The van der Waals surface area contributed by atoms with Gasteiger partial charge in [0.25, 0.3) is 0 Å². The first-order valence-electron chi connectivity index (χ1n) is 8.85.